The first-order chi connectivity index (χ1) is 9.96. The Morgan fingerprint density at radius 3 is 2.76 bits per heavy atom. The lowest BCUT2D eigenvalue weighted by Gasteiger charge is -2.28. The zero-order valence-electron chi connectivity index (χ0n) is 11.9. The molecule has 8 heteroatoms. The number of amides is 1. The highest BCUT2D eigenvalue weighted by molar-refractivity contribution is 7.89. The van der Waals surface area contributed by atoms with Gasteiger partial charge >= 0.3 is 0 Å². The molecule has 1 aromatic rings. The van der Waals surface area contributed by atoms with E-state index < -0.39 is 16.1 Å². The number of hydrogen-bond donors (Lipinski definition) is 2. The molecule has 0 spiro atoms. The van der Waals surface area contributed by atoms with E-state index in [-0.39, 0.29) is 28.8 Å². The number of hydrogen-bond acceptors (Lipinski definition) is 5. The fourth-order valence-corrected chi connectivity index (χ4v) is 4.99. The van der Waals surface area contributed by atoms with Gasteiger partial charge in [0.05, 0.1) is 6.10 Å². The molecular formula is C13H20N2O4S2. The number of sulfonamides is 1. The highest BCUT2D eigenvalue weighted by Crippen LogP contribution is 2.27. The summed E-state index contributed by atoms with van der Waals surface area (Å²) in [6.45, 7) is 3.03. The van der Waals surface area contributed by atoms with Gasteiger partial charge in [-0.15, -0.1) is 11.3 Å². The van der Waals surface area contributed by atoms with Crippen LogP contribution in [0.2, 0.25) is 0 Å². The topological polar surface area (TPSA) is 86.7 Å². The van der Waals surface area contributed by atoms with E-state index in [2.05, 4.69) is 5.32 Å². The molecule has 1 aliphatic heterocycles. The fraction of sp³-hybridized carbons (Fsp3) is 0.615. The van der Waals surface area contributed by atoms with Gasteiger partial charge < -0.3 is 10.4 Å². The molecule has 1 saturated heterocycles. The van der Waals surface area contributed by atoms with E-state index in [0.717, 1.165) is 17.8 Å². The average Bonchev–Trinajstić information content (AvgIpc) is 2.95. The van der Waals surface area contributed by atoms with E-state index in [1.54, 1.807) is 5.38 Å². The third-order valence-corrected chi connectivity index (χ3v) is 6.40. The smallest absolute Gasteiger partial charge is 0.262 e. The molecule has 0 saturated carbocycles. The number of piperidine rings is 1. The van der Waals surface area contributed by atoms with Crippen molar-refractivity contribution in [2.45, 2.75) is 37.2 Å². The van der Waals surface area contributed by atoms with Crippen LogP contribution in [-0.4, -0.2) is 49.5 Å². The molecule has 2 heterocycles. The van der Waals surface area contributed by atoms with E-state index in [9.17, 15) is 18.3 Å². The van der Waals surface area contributed by atoms with Gasteiger partial charge in [0.25, 0.3) is 5.91 Å². The van der Waals surface area contributed by atoms with Gasteiger partial charge in [0.2, 0.25) is 10.0 Å². The standard InChI is InChI=1S/C13H20N2O4S2/c1-2-6-14-13(17)12-11(5-9-20-12)21(18,19)15-7-3-10(16)4-8-15/h5,9-10,16H,2-4,6-8H2,1H3,(H,14,17). The van der Waals surface area contributed by atoms with E-state index in [0.29, 0.717) is 19.4 Å². The Bertz CT molecular complexity index is 589. The first-order valence-corrected chi connectivity index (χ1v) is 9.32. The molecule has 1 aromatic heterocycles. The lowest BCUT2D eigenvalue weighted by atomic mass is 10.1. The third kappa shape index (κ3) is 3.63. The van der Waals surface area contributed by atoms with Crippen molar-refractivity contribution in [2.24, 2.45) is 0 Å². The first-order valence-electron chi connectivity index (χ1n) is 7.00. The minimum atomic E-state index is -3.67. The van der Waals surface area contributed by atoms with Gasteiger partial charge in [-0.1, -0.05) is 6.92 Å². The summed E-state index contributed by atoms with van der Waals surface area (Å²) in [6, 6.07) is 1.48. The second-order valence-corrected chi connectivity index (χ2v) is 7.83. The first kappa shape index (κ1) is 16.4. The molecular weight excluding hydrogens is 312 g/mol. The maximum Gasteiger partial charge on any atom is 0.262 e. The average molecular weight is 332 g/mol. The number of carbonyl (C=O) groups excluding carboxylic acids is 1. The van der Waals surface area contributed by atoms with Crippen LogP contribution in [0.1, 0.15) is 35.9 Å². The summed E-state index contributed by atoms with van der Waals surface area (Å²) in [5.41, 5.74) is 0. The molecule has 1 aliphatic rings. The normalized spacial score (nSPS) is 17.8. The molecule has 1 amide bonds. The zero-order valence-corrected chi connectivity index (χ0v) is 13.5. The minimum absolute atomic E-state index is 0.0671. The number of nitrogens with one attached hydrogen (secondary N) is 1. The summed E-state index contributed by atoms with van der Waals surface area (Å²) in [7, 11) is -3.67. The largest absolute Gasteiger partial charge is 0.393 e. The van der Waals surface area contributed by atoms with Crippen molar-refractivity contribution in [3.8, 4) is 0 Å². The van der Waals surface area contributed by atoms with Crippen molar-refractivity contribution in [3.05, 3.63) is 16.3 Å². The Balaban J connectivity index is 2.21. The molecule has 2 N–H and O–H groups in total. The van der Waals surface area contributed by atoms with Crippen LogP contribution in [0.25, 0.3) is 0 Å². The molecule has 2 rings (SSSR count). The monoisotopic (exact) mass is 332 g/mol. The van der Waals surface area contributed by atoms with Gasteiger partial charge in [0.15, 0.2) is 0 Å². The number of aliphatic hydroxyl groups excluding tert-OH is 1. The second-order valence-electron chi connectivity index (χ2n) is 5.01. The third-order valence-electron chi connectivity index (χ3n) is 3.41. The van der Waals surface area contributed by atoms with E-state index in [1.807, 2.05) is 6.92 Å². The van der Waals surface area contributed by atoms with Gasteiger partial charge in [-0.2, -0.15) is 4.31 Å². The van der Waals surface area contributed by atoms with Gasteiger partial charge in [0, 0.05) is 19.6 Å². The number of thiophene rings is 1. The maximum absolute atomic E-state index is 12.6. The molecule has 0 radical (unpaired) electrons. The predicted molar refractivity (Wildman–Crippen MR) is 80.9 cm³/mol. The van der Waals surface area contributed by atoms with Crippen molar-refractivity contribution in [3.63, 3.8) is 0 Å². The molecule has 0 bridgehead atoms. The van der Waals surface area contributed by atoms with Crippen LogP contribution in [0, 0.1) is 0 Å². The number of nitrogens with zero attached hydrogens (tertiary/aromatic N) is 1. The van der Waals surface area contributed by atoms with Crippen LogP contribution in [-0.2, 0) is 10.0 Å². The molecule has 1 fully saturated rings. The summed E-state index contributed by atoms with van der Waals surface area (Å²) < 4.78 is 26.6. The summed E-state index contributed by atoms with van der Waals surface area (Å²) in [5.74, 6) is -0.345. The molecule has 0 aromatic carbocycles. The van der Waals surface area contributed by atoms with Gasteiger partial charge in [-0.05, 0) is 30.7 Å². The number of aliphatic hydroxyl groups is 1. The SMILES string of the molecule is CCCNC(=O)c1sccc1S(=O)(=O)N1CCC(O)CC1. The Kier molecular flexibility index (Phi) is 5.37. The van der Waals surface area contributed by atoms with Crippen LogP contribution in [0.4, 0.5) is 0 Å². The summed E-state index contributed by atoms with van der Waals surface area (Å²) in [4.78, 5) is 12.3. The van der Waals surface area contributed by atoms with Gasteiger partial charge in [-0.3, -0.25) is 4.79 Å². The molecule has 0 atom stereocenters. The molecule has 21 heavy (non-hydrogen) atoms. The zero-order chi connectivity index (χ0) is 15.5. The summed E-state index contributed by atoms with van der Waals surface area (Å²) in [5, 5.41) is 13.8. The predicted octanol–water partition coefficient (Wildman–Crippen LogP) is 1.03. The van der Waals surface area contributed by atoms with Gasteiger partial charge in [0.1, 0.15) is 9.77 Å². The van der Waals surface area contributed by atoms with E-state index >= 15 is 0 Å². The van der Waals surface area contributed by atoms with Crippen molar-refractivity contribution in [1.29, 1.82) is 0 Å². The van der Waals surface area contributed by atoms with E-state index in [1.165, 1.54) is 10.4 Å². The van der Waals surface area contributed by atoms with Gasteiger partial charge in [-0.25, -0.2) is 8.42 Å². The molecule has 118 valence electrons. The Hall–Kier alpha value is -0.960. The molecule has 6 nitrogen and oxygen atoms in total. The minimum Gasteiger partial charge on any atom is -0.393 e. The van der Waals surface area contributed by atoms with E-state index in [4.69, 9.17) is 0 Å². The number of carbonyl (C=O) groups is 1. The van der Waals surface area contributed by atoms with Crippen LogP contribution >= 0.6 is 11.3 Å². The quantitative estimate of drug-likeness (QED) is 0.843. The van der Waals surface area contributed by atoms with Crippen LogP contribution in [0.3, 0.4) is 0 Å². The number of rotatable bonds is 5. The lowest BCUT2D eigenvalue weighted by molar-refractivity contribution is 0.0953. The Morgan fingerprint density at radius 2 is 2.14 bits per heavy atom. The second kappa shape index (κ2) is 6.87. The lowest BCUT2D eigenvalue weighted by Crippen LogP contribution is -2.40. The fourth-order valence-electron chi connectivity index (χ4n) is 2.21. The Labute approximate surface area is 128 Å². The molecule has 0 unspecified atom stereocenters. The van der Waals surface area contributed by atoms with Crippen molar-refractivity contribution in [1.82, 2.24) is 9.62 Å². The van der Waals surface area contributed by atoms with Crippen LogP contribution < -0.4 is 5.32 Å². The van der Waals surface area contributed by atoms with Crippen molar-refractivity contribution < 1.29 is 18.3 Å². The van der Waals surface area contributed by atoms with Crippen molar-refractivity contribution >= 4 is 27.3 Å². The highest BCUT2D eigenvalue weighted by atomic mass is 32.2. The van der Waals surface area contributed by atoms with Crippen LogP contribution in [0.5, 0.6) is 0 Å². The van der Waals surface area contributed by atoms with Crippen LogP contribution in [0.15, 0.2) is 16.3 Å². The highest BCUT2D eigenvalue weighted by Gasteiger charge is 2.32. The summed E-state index contributed by atoms with van der Waals surface area (Å²) in [6.07, 6.45) is 1.22. The molecule has 0 aliphatic carbocycles. The summed E-state index contributed by atoms with van der Waals surface area (Å²) >= 11 is 1.13. The Morgan fingerprint density at radius 1 is 1.48 bits per heavy atom. The van der Waals surface area contributed by atoms with Crippen molar-refractivity contribution in [2.75, 3.05) is 19.6 Å². The maximum atomic E-state index is 12.6.